The molecule has 3 aromatic heterocycles. The van der Waals surface area contributed by atoms with Crippen molar-refractivity contribution in [1.29, 1.82) is 0 Å². The minimum absolute atomic E-state index is 0.0664. The molecule has 8 heteroatoms. The van der Waals surface area contributed by atoms with Gasteiger partial charge >= 0.3 is 0 Å². The number of aliphatic imine (C=N–C) groups is 1. The summed E-state index contributed by atoms with van der Waals surface area (Å²) in [7, 11) is 0. The molecule has 0 saturated heterocycles. The second-order valence-corrected chi connectivity index (χ2v) is 6.88. The van der Waals surface area contributed by atoms with E-state index < -0.39 is 0 Å². The molecular formula is C20H15BrN6O. The number of rotatable bonds is 3. The number of nitrogens with one attached hydrogen (secondary N) is 1. The number of amidine groups is 1. The summed E-state index contributed by atoms with van der Waals surface area (Å²) >= 11 is 3.50. The number of hydrogen-bond donors (Lipinski definition) is 2. The molecule has 28 heavy (non-hydrogen) atoms. The predicted octanol–water partition coefficient (Wildman–Crippen LogP) is 5.60. The fraction of sp³-hybridized carbons (Fsp3) is 0.0500. The zero-order valence-electron chi connectivity index (χ0n) is 14.8. The maximum absolute atomic E-state index is 10.3. The molecule has 0 aliphatic heterocycles. The Morgan fingerprint density at radius 2 is 1.86 bits per heavy atom. The number of aryl methyl sites for hydroxylation is 1. The van der Waals surface area contributed by atoms with Crippen molar-refractivity contribution in [2.24, 2.45) is 15.2 Å². The fourth-order valence-electron chi connectivity index (χ4n) is 2.71. The summed E-state index contributed by atoms with van der Waals surface area (Å²) < 4.78 is 0.839. The van der Waals surface area contributed by atoms with Gasteiger partial charge < -0.3 is 10.1 Å². The van der Waals surface area contributed by atoms with Crippen LogP contribution in [0.3, 0.4) is 0 Å². The molecule has 0 aliphatic rings. The lowest BCUT2D eigenvalue weighted by atomic mass is 10.1. The van der Waals surface area contributed by atoms with Crippen molar-refractivity contribution in [1.82, 2.24) is 15.0 Å². The highest BCUT2D eigenvalue weighted by Crippen LogP contribution is 2.39. The highest BCUT2D eigenvalue weighted by Gasteiger charge is 2.14. The van der Waals surface area contributed by atoms with E-state index in [1.165, 1.54) is 0 Å². The molecule has 0 aliphatic carbocycles. The van der Waals surface area contributed by atoms with Gasteiger partial charge in [-0.15, -0.1) is 10.2 Å². The lowest BCUT2D eigenvalue weighted by Gasteiger charge is -2.00. The van der Waals surface area contributed by atoms with Crippen LogP contribution in [0.25, 0.3) is 10.9 Å². The zero-order valence-corrected chi connectivity index (χ0v) is 16.4. The number of H-pyrrole nitrogens is 1. The molecule has 3 heterocycles. The monoisotopic (exact) mass is 434 g/mol. The van der Waals surface area contributed by atoms with Crippen LogP contribution in [-0.2, 0) is 0 Å². The van der Waals surface area contributed by atoms with E-state index in [2.05, 4.69) is 46.1 Å². The Hall–Kier alpha value is -3.39. The topological polar surface area (TPSA) is 98.9 Å². The smallest absolute Gasteiger partial charge is 0.218 e. The van der Waals surface area contributed by atoms with Gasteiger partial charge in [-0.25, -0.2) is 9.98 Å². The van der Waals surface area contributed by atoms with Gasteiger partial charge in [0.05, 0.1) is 5.52 Å². The molecule has 0 spiro atoms. The van der Waals surface area contributed by atoms with E-state index >= 15 is 0 Å². The van der Waals surface area contributed by atoms with Gasteiger partial charge in [-0.2, -0.15) is 0 Å². The molecule has 1 aromatic carbocycles. The largest absolute Gasteiger partial charge is 0.493 e. The van der Waals surface area contributed by atoms with Crippen LogP contribution >= 0.6 is 15.9 Å². The van der Waals surface area contributed by atoms with Crippen LogP contribution in [0.4, 0.5) is 11.5 Å². The number of benzene rings is 1. The van der Waals surface area contributed by atoms with E-state index in [9.17, 15) is 5.11 Å². The van der Waals surface area contributed by atoms with E-state index in [1.54, 1.807) is 24.5 Å². The van der Waals surface area contributed by atoms with E-state index in [1.807, 2.05) is 43.3 Å². The predicted molar refractivity (Wildman–Crippen MR) is 112 cm³/mol. The first kappa shape index (κ1) is 18.0. The number of azo groups is 1. The summed E-state index contributed by atoms with van der Waals surface area (Å²) in [4.78, 5) is 15.9. The summed E-state index contributed by atoms with van der Waals surface area (Å²) in [6.07, 6.45) is 3.31. The van der Waals surface area contributed by atoms with E-state index in [0.29, 0.717) is 23.0 Å². The molecule has 0 bridgehead atoms. The number of aromatic hydroxyl groups is 1. The summed E-state index contributed by atoms with van der Waals surface area (Å²) in [5, 5.41) is 19.6. The van der Waals surface area contributed by atoms with Crippen molar-refractivity contribution < 1.29 is 5.11 Å². The lowest BCUT2D eigenvalue weighted by Crippen LogP contribution is -1.99. The van der Waals surface area contributed by atoms with Gasteiger partial charge in [-0.1, -0.05) is 12.1 Å². The Morgan fingerprint density at radius 3 is 2.57 bits per heavy atom. The first-order chi connectivity index (χ1) is 13.6. The van der Waals surface area contributed by atoms with Crippen LogP contribution in [0.2, 0.25) is 0 Å². The van der Waals surface area contributed by atoms with Crippen molar-refractivity contribution in [3.05, 3.63) is 76.7 Å². The average Bonchev–Trinajstić information content (AvgIpc) is 3.02. The maximum atomic E-state index is 10.3. The molecule has 0 saturated carbocycles. The van der Waals surface area contributed by atoms with Gasteiger partial charge in [-0.05, 0) is 64.8 Å². The lowest BCUT2D eigenvalue weighted by molar-refractivity contribution is 0.459. The van der Waals surface area contributed by atoms with Gasteiger partial charge in [0.15, 0.2) is 11.5 Å². The first-order valence-electron chi connectivity index (χ1n) is 8.45. The molecule has 4 aromatic rings. The van der Waals surface area contributed by atoms with Crippen molar-refractivity contribution in [3.63, 3.8) is 0 Å². The summed E-state index contributed by atoms with van der Waals surface area (Å²) in [5.74, 6) is 0.715. The third kappa shape index (κ3) is 3.67. The van der Waals surface area contributed by atoms with E-state index in [0.717, 1.165) is 20.9 Å². The van der Waals surface area contributed by atoms with E-state index in [4.69, 9.17) is 0 Å². The normalized spacial score (nSPS) is 12.1. The Kier molecular flexibility index (Phi) is 4.94. The van der Waals surface area contributed by atoms with Crippen LogP contribution < -0.4 is 0 Å². The highest BCUT2D eigenvalue weighted by atomic mass is 79.9. The van der Waals surface area contributed by atoms with Gasteiger partial charge in [0.25, 0.3) is 0 Å². The average molecular weight is 435 g/mol. The Balaban J connectivity index is 1.82. The number of fused-ring (bicyclic) bond motifs is 1. The third-order valence-electron chi connectivity index (χ3n) is 3.97. The zero-order chi connectivity index (χ0) is 19.5. The van der Waals surface area contributed by atoms with Gasteiger partial charge in [0.1, 0.15) is 5.69 Å². The number of hydrogen-bond acceptors (Lipinski definition) is 5. The van der Waals surface area contributed by atoms with E-state index in [-0.39, 0.29) is 5.88 Å². The third-order valence-corrected chi connectivity index (χ3v) is 4.59. The Labute approximate surface area is 169 Å². The minimum Gasteiger partial charge on any atom is -0.493 e. The van der Waals surface area contributed by atoms with Gasteiger partial charge in [0, 0.05) is 22.3 Å². The number of aromatic amines is 1. The minimum atomic E-state index is -0.0664. The second-order valence-electron chi connectivity index (χ2n) is 6.03. The number of aromatic nitrogens is 3. The molecule has 0 radical (unpaired) electrons. The summed E-state index contributed by atoms with van der Waals surface area (Å²) in [6.45, 7) is 1.97. The molecule has 0 fully saturated rings. The number of halogens is 1. The Morgan fingerprint density at radius 1 is 1.07 bits per heavy atom. The van der Waals surface area contributed by atoms with Crippen LogP contribution in [0.1, 0.15) is 11.3 Å². The molecule has 4 rings (SSSR count). The second kappa shape index (κ2) is 7.69. The first-order valence-corrected chi connectivity index (χ1v) is 9.25. The SMILES string of the molecule is Cc1cc(Br)c2[nH]c(O)c(N=N/C(=N\c3ccccn3)c3ccccn3)c2c1. The van der Waals surface area contributed by atoms with Crippen molar-refractivity contribution in [2.75, 3.05) is 0 Å². The summed E-state index contributed by atoms with van der Waals surface area (Å²) in [6, 6.07) is 14.7. The molecule has 7 nitrogen and oxygen atoms in total. The summed E-state index contributed by atoms with van der Waals surface area (Å²) in [5.41, 5.74) is 2.66. The molecule has 138 valence electrons. The molecule has 0 unspecified atom stereocenters. The molecule has 2 N–H and O–H groups in total. The number of nitrogens with zero attached hydrogens (tertiary/aromatic N) is 5. The maximum Gasteiger partial charge on any atom is 0.218 e. The quantitative estimate of drug-likeness (QED) is 0.249. The molecular weight excluding hydrogens is 420 g/mol. The van der Waals surface area contributed by atoms with Crippen LogP contribution in [0.15, 0.2) is 80.6 Å². The van der Waals surface area contributed by atoms with Crippen LogP contribution in [0.5, 0.6) is 5.88 Å². The molecule has 0 atom stereocenters. The van der Waals surface area contributed by atoms with Crippen molar-refractivity contribution in [2.45, 2.75) is 6.92 Å². The van der Waals surface area contributed by atoms with Crippen molar-refractivity contribution >= 4 is 44.2 Å². The highest BCUT2D eigenvalue weighted by molar-refractivity contribution is 9.10. The van der Waals surface area contributed by atoms with Crippen LogP contribution in [-0.4, -0.2) is 25.9 Å². The Bertz CT molecular complexity index is 1190. The van der Waals surface area contributed by atoms with Gasteiger partial charge in [-0.3, -0.25) is 4.98 Å². The van der Waals surface area contributed by atoms with Gasteiger partial charge in [0.2, 0.25) is 11.7 Å². The molecule has 0 amide bonds. The fourth-order valence-corrected chi connectivity index (χ4v) is 3.39. The van der Waals surface area contributed by atoms with Crippen molar-refractivity contribution in [3.8, 4) is 5.88 Å². The number of pyridine rings is 2. The van der Waals surface area contributed by atoms with Crippen LogP contribution in [0, 0.1) is 6.92 Å². The standard InChI is InChI=1S/C20H15BrN6O/c1-12-10-13-17(14(21)11-12)25-20(28)18(13)26-27-19(15-6-2-4-8-22-15)24-16-7-3-5-9-23-16/h2-11,25,28H,1H3/b24-19-,27-26?.